The molecule has 0 N–H and O–H groups in total. The van der Waals surface area contributed by atoms with Crippen molar-refractivity contribution in [1.82, 2.24) is 0 Å². The molecule has 1 heteroatoms. The molecule has 56 valence electrons. The van der Waals surface area contributed by atoms with E-state index in [4.69, 9.17) is 0 Å². The summed E-state index contributed by atoms with van der Waals surface area (Å²) in [7, 11) is 0. The Labute approximate surface area is 61.4 Å². The average molecular weight is 140 g/mol. The molecule has 0 heterocycles. The zero-order chi connectivity index (χ0) is 7.56. The second-order valence-corrected chi connectivity index (χ2v) is 2.80. The molecule has 10 heavy (non-hydrogen) atoms. The van der Waals surface area contributed by atoms with Gasteiger partial charge in [0.05, 0.1) is 0 Å². The lowest BCUT2D eigenvalue weighted by Gasteiger charge is -2.15. The number of hydrogen-bond donors (Lipinski definition) is 0. The van der Waals surface area contributed by atoms with Crippen LogP contribution >= 0.6 is 0 Å². The van der Waals surface area contributed by atoms with Gasteiger partial charge in [-0.3, -0.25) is 0 Å². The minimum Gasteiger partial charge on any atom is -0.207 e. The highest BCUT2D eigenvalue weighted by atomic mass is 19.1. The molecule has 0 saturated heterocycles. The highest BCUT2D eigenvalue weighted by molar-refractivity contribution is 5.24. The number of halogens is 1. The second-order valence-electron chi connectivity index (χ2n) is 2.80. The first-order chi connectivity index (χ1) is 4.74. The lowest BCUT2D eigenvalue weighted by atomic mass is 9.91. The van der Waals surface area contributed by atoms with Gasteiger partial charge in [0.25, 0.3) is 0 Å². The molecule has 0 nitrogen and oxygen atoms in total. The molecule has 1 atom stereocenters. The summed E-state index contributed by atoms with van der Waals surface area (Å²) in [5.74, 6) is 0.486. The Morgan fingerprint density at radius 2 is 2.40 bits per heavy atom. The largest absolute Gasteiger partial charge is 0.207 e. The van der Waals surface area contributed by atoms with Gasteiger partial charge in [0, 0.05) is 0 Å². The molecule has 0 amide bonds. The first-order valence-corrected chi connectivity index (χ1v) is 3.80. The third-order valence-electron chi connectivity index (χ3n) is 2.03. The Hall–Kier alpha value is -0.590. The van der Waals surface area contributed by atoms with Crippen molar-refractivity contribution in [1.29, 1.82) is 0 Å². The van der Waals surface area contributed by atoms with E-state index in [2.05, 4.69) is 13.8 Å². The van der Waals surface area contributed by atoms with Crippen LogP contribution in [0.3, 0.4) is 0 Å². The summed E-state index contributed by atoms with van der Waals surface area (Å²) < 4.78 is 12.6. The molecule has 0 aliphatic heterocycles. The number of rotatable bonds is 1. The molecule has 0 bridgehead atoms. The standard InChI is InChI=1S/C9H13F/c1-3-8-6-9(10)5-4-7(8)2/h5-7H,3-4H2,1-2H3. The summed E-state index contributed by atoms with van der Waals surface area (Å²) in [6.07, 6.45) is 5.16. The number of allylic oxidation sites excluding steroid dienone is 4. The molecule has 0 saturated carbocycles. The zero-order valence-corrected chi connectivity index (χ0v) is 6.52. The van der Waals surface area contributed by atoms with Crippen molar-refractivity contribution in [3.63, 3.8) is 0 Å². The second kappa shape index (κ2) is 3.00. The molecule has 0 radical (unpaired) electrons. The molecule has 0 aromatic carbocycles. The van der Waals surface area contributed by atoms with E-state index < -0.39 is 0 Å². The van der Waals surface area contributed by atoms with Crippen LogP contribution in [0.4, 0.5) is 4.39 Å². The van der Waals surface area contributed by atoms with E-state index in [-0.39, 0.29) is 5.83 Å². The Morgan fingerprint density at radius 1 is 1.70 bits per heavy atom. The van der Waals surface area contributed by atoms with Gasteiger partial charge in [-0.05, 0) is 30.9 Å². The van der Waals surface area contributed by atoms with Gasteiger partial charge >= 0.3 is 0 Å². The molecule has 0 fully saturated rings. The van der Waals surface area contributed by atoms with Gasteiger partial charge < -0.3 is 0 Å². The first kappa shape index (κ1) is 7.52. The fourth-order valence-electron chi connectivity index (χ4n) is 1.27. The van der Waals surface area contributed by atoms with E-state index in [0.29, 0.717) is 5.92 Å². The maximum Gasteiger partial charge on any atom is 0.119 e. The summed E-state index contributed by atoms with van der Waals surface area (Å²) in [5.41, 5.74) is 1.24. The molecular formula is C9H13F. The normalized spacial score (nSPS) is 25.7. The van der Waals surface area contributed by atoms with Gasteiger partial charge in [-0.1, -0.05) is 19.4 Å². The monoisotopic (exact) mass is 140 g/mol. The van der Waals surface area contributed by atoms with Crippen LogP contribution in [0, 0.1) is 5.92 Å². The van der Waals surface area contributed by atoms with Crippen LogP contribution < -0.4 is 0 Å². The van der Waals surface area contributed by atoms with Gasteiger partial charge in [-0.25, -0.2) is 4.39 Å². The summed E-state index contributed by atoms with van der Waals surface area (Å²) in [6, 6.07) is 0. The van der Waals surface area contributed by atoms with Crippen LogP contribution in [-0.2, 0) is 0 Å². The Bertz CT molecular complexity index is 177. The van der Waals surface area contributed by atoms with Crippen LogP contribution in [0.1, 0.15) is 26.7 Å². The van der Waals surface area contributed by atoms with Crippen LogP contribution in [0.25, 0.3) is 0 Å². The summed E-state index contributed by atoms with van der Waals surface area (Å²) in [5, 5.41) is 0. The lowest BCUT2D eigenvalue weighted by Crippen LogP contribution is -2.01. The van der Waals surface area contributed by atoms with Crippen LogP contribution in [-0.4, -0.2) is 0 Å². The van der Waals surface area contributed by atoms with Gasteiger partial charge in [0.15, 0.2) is 0 Å². The first-order valence-electron chi connectivity index (χ1n) is 3.80. The highest BCUT2D eigenvalue weighted by Crippen LogP contribution is 2.25. The minimum absolute atomic E-state index is 0.0602. The molecule has 1 rings (SSSR count). The lowest BCUT2D eigenvalue weighted by molar-refractivity contribution is 0.593. The Balaban J connectivity index is 2.73. The molecule has 1 unspecified atom stereocenters. The molecular weight excluding hydrogens is 127 g/mol. The molecule has 0 spiro atoms. The SMILES string of the molecule is CCC1=CC(F)=CCC1C. The molecule has 0 aromatic heterocycles. The third-order valence-corrected chi connectivity index (χ3v) is 2.03. The fraction of sp³-hybridized carbons (Fsp3) is 0.556. The van der Waals surface area contributed by atoms with E-state index in [1.807, 2.05) is 0 Å². The predicted molar refractivity (Wildman–Crippen MR) is 41.3 cm³/mol. The fourth-order valence-corrected chi connectivity index (χ4v) is 1.27. The molecule has 0 aromatic rings. The van der Waals surface area contributed by atoms with Crippen molar-refractivity contribution >= 4 is 0 Å². The topological polar surface area (TPSA) is 0 Å². The smallest absolute Gasteiger partial charge is 0.119 e. The third kappa shape index (κ3) is 1.47. The van der Waals surface area contributed by atoms with Crippen molar-refractivity contribution in [2.75, 3.05) is 0 Å². The summed E-state index contributed by atoms with van der Waals surface area (Å²) in [6.45, 7) is 4.21. The van der Waals surface area contributed by atoms with Gasteiger partial charge in [0.1, 0.15) is 5.83 Å². The zero-order valence-electron chi connectivity index (χ0n) is 6.52. The molecule has 1 aliphatic carbocycles. The van der Waals surface area contributed by atoms with Gasteiger partial charge in [-0.15, -0.1) is 0 Å². The van der Waals surface area contributed by atoms with Crippen molar-refractivity contribution in [3.8, 4) is 0 Å². The maximum atomic E-state index is 12.6. The van der Waals surface area contributed by atoms with Gasteiger partial charge in [-0.2, -0.15) is 0 Å². The summed E-state index contributed by atoms with van der Waals surface area (Å²) >= 11 is 0. The summed E-state index contributed by atoms with van der Waals surface area (Å²) in [4.78, 5) is 0. The van der Waals surface area contributed by atoms with Crippen molar-refractivity contribution < 1.29 is 4.39 Å². The Kier molecular flexibility index (Phi) is 2.25. The average Bonchev–Trinajstić information content (AvgIpc) is 1.94. The van der Waals surface area contributed by atoms with E-state index in [1.165, 1.54) is 5.57 Å². The number of hydrogen-bond acceptors (Lipinski definition) is 0. The minimum atomic E-state index is -0.0602. The van der Waals surface area contributed by atoms with E-state index in [1.54, 1.807) is 12.2 Å². The van der Waals surface area contributed by atoms with Gasteiger partial charge in [0.2, 0.25) is 0 Å². The van der Waals surface area contributed by atoms with E-state index in [0.717, 1.165) is 12.8 Å². The predicted octanol–water partition coefficient (Wildman–Crippen LogP) is 3.22. The van der Waals surface area contributed by atoms with Crippen LogP contribution in [0.5, 0.6) is 0 Å². The highest BCUT2D eigenvalue weighted by Gasteiger charge is 2.10. The van der Waals surface area contributed by atoms with Crippen molar-refractivity contribution in [2.24, 2.45) is 5.92 Å². The van der Waals surface area contributed by atoms with Crippen LogP contribution in [0.15, 0.2) is 23.6 Å². The Morgan fingerprint density at radius 3 is 2.90 bits per heavy atom. The van der Waals surface area contributed by atoms with Crippen molar-refractivity contribution in [3.05, 3.63) is 23.6 Å². The van der Waals surface area contributed by atoms with E-state index in [9.17, 15) is 4.39 Å². The quantitative estimate of drug-likeness (QED) is 0.524. The van der Waals surface area contributed by atoms with E-state index >= 15 is 0 Å². The molecule has 1 aliphatic rings. The van der Waals surface area contributed by atoms with Crippen LogP contribution in [0.2, 0.25) is 0 Å². The van der Waals surface area contributed by atoms with Crippen molar-refractivity contribution in [2.45, 2.75) is 26.7 Å². The maximum absolute atomic E-state index is 12.6.